The van der Waals surface area contributed by atoms with Crippen LogP contribution < -0.4 is 5.73 Å². The van der Waals surface area contributed by atoms with Crippen molar-refractivity contribution in [3.05, 3.63) is 0 Å². The van der Waals surface area contributed by atoms with Crippen molar-refractivity contribution in [1.82, 2.24) is 4.90 Å². The van der Waals surface area contributed by atoms with E-state index in [0.717, 1.165) is 6.42 Å². The third-order valence-corrected chi connectivity index (χ3v) is 2.45. The summed E-state index contributed by atoms with van der Waals surface area (Å²) in [5, 5.41) is 8.80. The normalized spacial score (nSPS) is 13.2. The first-order valence-electron chi connectivity index (χ1n) is 5.92. The van der Waals surface area contributed by atoms with Crippen LogP contribution in [0.2, 0.25) is 0 Å². The second-order valence-corrected chi connectivity index (χ2v) is 5.41. The average molecular weight is 244 g/mol. The van der Waals surface area contributed by atoms with Crippen LogP contribution in [0.1, 0.15) is 47.0 Å². The van der Waals surface area contributed by atoms with E-state index in [1.165, 1.54) is 4.90 Å². The zero-order chi connectivity index (χ0) is 13.6. The second kappa shape index (κ2) is 6.59. The van der Waals surface area contributed by atoms with Gasteiger partial charge in [-0.15, -0.1) is 0 Å². The molecule has 1 amide bonds. The fourth-order valence-corrected chi connectivity index (χ4v) is 1.54. The number of hydrogen-bond donors (Lipinski definition) is 2. The van der Waals surface area contributed by atoms with E-state index < -0.39 is 11.5 Å². The fraction of sp³-hybridized carbons (Fsp3) is 0.833. The molecule has 1 unspecified atom stereocenters. The van der Waals surface area contributed by atoms with E-state index in [-0.39, 0.29) is 18.5 Å². The van der Waals surface area contributed by atoms with E-state index >= 15 is 0 Å². The number of rotatable bonds is 6. The molecule has 0 rings (SSSR count). The van der Waals surface area contributed by atoms with Crippen molar-refractivity contribution in [1.29, 1.82) is 0 Å². The van der Waals surface area contributed by atoms with Gasteiger partial charge in [0.05, 0.1) is 0 Å². The predicted octanol–water partition coefficient (Wildman–Crippen LogP) is 1.22. The Kier molecular flexibility index (Phi) is 6.16. The van der Waals surface area contributed by atoms with Gasteiger partial charge in [-0.3, -0.25) is 9.59 Å². The number of aliphatic carboxylic acids is 1. The largest absolute Gasteiger partial charge is 0.480 e. The number of carboxylic acids is 1. The topological polar surface area (TPSA) is 83.6 Å². The summed E-state index contributed by atoms with van der Waals surface area (Å²) in [6.45, 7) is 7.14. The lowest BCUT2D eigenvalue weighted by Gasteiger charge is -2.34. The first-order valence-corrected chi connectivity index (χ1v) is 5.92. The summed E-state index contributed by atoms with van der Waals surface area (Å²) in [4.78, 5) is 24.1. The van der Waals surface area contributed by atoms with Gasteiger partial charge in [-0.05, 0) is 40.5 Å². The third kappa shape index (κ3) is 6.94. The molecular formula is C12H24N2O3. The number of carboxylic acid groups (broad SMARTS) is 1. The van der Waals surface area contributed by atoms with Crippen LogP contribution in [0.4, 0.5) is 0 Å². The number of hydrogen-bond acceptors (Lipinski definition) is 3. The highest BCUT2D eigenvalue weighted by molar-refractivity contribution is 5.82. The summed E-state index contributed by atoms with van der Waals surface area (Å²) in [5.74, 6) is -1.11. The maximum atomic E-state index is 11.9. The van der Waals surface area contributed by atoms with Crippen LogP contribution in [0.3, 0.4) is 0 Å². The molecular weight excluding hydrogens is 220 g/mol. The molecule has 1 atom stereocenters. The Morgan fingerprint density at radius 3 is 2.24 bits per heavy atom. The molecule has 0 aliphatic heterocycles. The van der Waals surface area contributed by atoms with Crippen molar-refractivity contribution < 1.29 is 14.7 Å². The smallest absolute Gasteiger partial charge is 0.323 e. The van der Waals surface area contributed by atoms with Crippen LogP contribution >= 0.6 is 0 Å². The van der Waals surface area contributed by atoms with Gasteiger partial charge < -0.3 is 15.7 Å². The Morgan fingerprint density at radius 1 is 1.35 bits per heavy atom. The number of nitrogens with zero attached hydrogens (tertiary/aromatic N) is 1. The lowest BCUT2D eigenvalue weighted by Crippen LogP contribution is -2.48. The van der Waals surface area contributed by atoms with E-state index in [9.17, 15) is 9.59 Å². The first-order chi connectivity index (χ1) is 7.64. The first kappa shape index (κ1) is 15.9. The van der Waals surface area contributed by atoms with E-state index in [4.69, 9.17) is 10.8 Å². The molecule has 0 saturated heterocycles. The van der Waals surface area contributed by atoms with E-state index in [1.54, 1.807) is 0 Å². The predicted molar refractivity (Wildman–Crippen MR) is 66.6 cm³/mol. The molecule has 0 aliphatic carbocycles. The molecule has 0 fully saturated rings. The number of nitrogens with two attached hydrogens (primary N) is 1. The molecule has 100 valence electrons. The number of amides is 1. The molecule has 5 heteroatoms. The number of carbonyl (C=O) groups excluding carboxylic acids is 1. The van der Waals surface area contributed by atoms with Gasteiger partial charge in [-0.2, -0.15) is 0 Å². The highest BCUT2D eigenvalue weighted by Gasteiger charge is 2.27. The number of carbonyl (C=O) groups is 2. The minimum atomic E-state index is -0.986. The van der Waals surface area contributed by atoms with Crippen LogP contribution in [0.25, 0.3) is 0 Å². The van der Waals surface area contributed by atoms with Crippen molar-refractivity contribution in [3.8, 4) is 0 Å². The van der Waals surface area contributed by atoms with Gasteiger partial charge in [0.25, 0.3) is 0 Å². The molecule has 0 bridgehead atoms. The van der Waals surface area contributed by atoms with Crippen LogP contribution in [0.15, 0.2) is 0 Å². The molecule has 17 heavy (non-hydrogen) atoms. The van der Waals surface area contributed by atoms with Crippen molar-refractivity contribution in [3.63, 3.8) is 0 Å². The van der Waals surface area contributed by atoms with Crippen molar-refractivity contribution in [2.75, 3.05) is 6.54 Å². The Bertz CT molecular complexity index is 269. The fourth-order valence-electron chi connectivity index (χ4n) is 1.54. The molecule has 0 aromatic heterocycles. The average Bonchev–Trinajstić information content (AvgIpc) is 2.11. The SMILES string of the molecule is CC(N)CCCC(=O)N(CC(=O)O)C(C)(C)C. The highest BCUT2D eigenvalue weighted by atomic mass is 16.4. The van der Waals surface area contributed by atoms with Gasteiger partial charge >= 0.3 is 5.97 Å². The van der Waals surface area contributed by atoms with Crippen molar-refractivity contribution in [2.24, 2.45) is 5.73 Å². The Morgan fingerprint density at radius 2 is 1.88 bits per heavy atom. The van der Waals surface area contributed by atoms with Crippen molar-refractivity contribution in [2.45, 2.75) is 58.5 Å². The molecule has 0 spiro atoms. The maximum Gasteiger partial charge on any atom is 0.323 e. The molecule has 0 saturated carbocycles. The summed E-state index contributed by atoms with van der Waals surface area (Å²) in [6.07, 6.45) is 1.82. The minimum Gasteiger partial charge on any atom is -0.480 e. The highest BCUT2D eigenvalue weighted by Crippen LogP contribution is 2.15. The van der Waals surface area contributed by atoms with Crippen molar-refractivity contribution >= 4 is 11.9 Å². The van der Waals surface area contributed by atoms with Crippen LogP contribution in [-0.4, -0.2) is 40.0 Å². The van der Waals surface area contributed by atoms with Gasteiger partial charge in [0, 0.05) is 18.0 Å². The Balaban J connectivity index is 4.39. The van der Waals surface area contributed by atoms with Gasteiger partial charge in [0.1, 0.15) is 6.54 Å². The van der Waals surface area contributed by atoms with Gasteiger partial charge in [0.2, 0.25) is 5.91 Å². The van der Waals surface area contributed by atoms with E-state index in [0.29, 0.717) is 12.8 Å². The van der Waals surface area contributed by atoms with Gasteiger partial charge in [-0.1, -0.05) is 0 Å². The maximum absolute atomic E-state index is 11.9. The minimum absolute atomic E-state index is 0.0744. The van der Waals surface area contributed by atoms with Gasteiger partial charge in [-0.25, -0.2) is 0 Å². The molecule has 0 heterocycles. The summed E-state index contributed by atoms with van der Waals surface area (Å²) in [5.41, 5.74) is 5.13. The van der Waals surface area contributed by atoms with E-state index in [2.05, 4.69) is 0 Å². The summed E-state index contributed by atoms with van der Waals surface area (Å²) in [6, 6.07) is 0.0744. The zero-order valence-corrected chi connectivity index (χ0v) is 11.2. The standard InChI is InChI=1S/C12H24N2O3/c1-9(13)6-5-7-10(15)14(8-11(16)17)12(2,3)4/h9H,5-8,13H2,1-4H3,(H,16,17). The van der Waals surface area contributed by atoms with Crippen LogP contribution in [0.5, 0.6) is 0 Å². The molecule has 0 aromatic carbocycles. The zero-order valence-electron chi connectivity index (χ0n) is 11.2. The van der Waals surface area contributed by atoms with Gasteiger partial charge in [0.15, 0.2) is 0 Å². The van der Waals surface area contributed by atoms with Crippen LogP contribution in [-0.2, 0) is 9.59 Å². The molecule has 3 N–H and O–H groups in total. The Labute approximate surface area is 103 Å². The van der Waals surface area contributed by atoms with E-state index in [1.807, 2.05) is 27.7 Å². The quantitative estimate of drug-likeness (QED) is 0.735. The molecule has 5 nitrogen and oxygen atoms in total. The Hall–Kier alpha value is -1.10. The molecule has 0 aliphatic rings. The second-order valence-electron chi connectivity index (χ2n) is 5.41. The summed E-state index contributed by atoms with van der Waals surface area (Å²) < 4.78 is 0. The molecule has 0 radical (unpaired) electrons. The summed E-state index contributed by atoms with van der Waals surface area (Å²) >= 11 is 0. The lowest BCUT2D eigenvalue weighted by molar-refractivity contribution is -0.148. The summed E-state index contributed by atoms with van der Waals surface area (Å²) in [7, 11) is 0. The molecule has 0 aromatic rings. The van der Waals surface area contributed by atoms with Crippen LogP contribution in [0, 0.1) is 0 Å². The third-order valence-electron chi connectivity index (χ3n) is 2.45. The lowest BCUT2D eigenvalue weighted by atomic mass is 10.0. The monoisotopic (exact) mass is 244 g/mol.